The topological polar surface area (TPSA) is 70.0 Å². The van der Waals surface area contributed by atoms with Crippen molar-refractivity contribution in [2.75, 3.05) is 0 Å². The zero-order valence-corrected chi connectivity index (χ0v) is 15.1. The van der Waals surface area contributed by atoms with E-state index in [9.17, 15) is 13.7 Å². The van der Waals surface area contributed by atoms with Crippen LogP contribution in [0.3, 0.4) is 0 Å². The van der Waals surface area contributed by atoms with E-state index in [2.05, 4.69) is 26.7 Å². The van der Waals surface area contributed by atoms with Gasteiger partial charge in [-0.3, -0.25) is 0 Å². The average Bonchev–Trinajstić information content (AvgIpc) is 2.51. The van der Waals surface area contributed by atoms with Crippen molar-refractivity contribution < 1.29 is 8.42 Å². The number of benzene rings is 1. The zero-order valence-electron chi connectivity index (χ0n) is 12.7. The van der Waals surface area contributed by atoms with Crippen LogP contribution in [0.5, 0.6) is 0 Å². The number of rotatable bonds is 3. The van der Waals surface area contributed by atoms with Gasteiger partial charge in [-0.15, -0.1) is 0 Å². The maximum absolute atomic E-state index is 12.8. The van der Waals surface area contributed by atoms with Crippen LogP contribution in [-0.4, -0.2) is 14.0 Å². The first-order chi connectivity index (χ1) is 10.9. The van der Waals surface area contributed by atoms with Gasteiger partial charge in [-0.1, -0.05) is 15.9 Å². The van der Waals surface area contributed by atoms with Crippen LogP contribution in [0.15, 0.2) is 33.6 Å². The van der Waals surface area contributed by atoms with Crippen molar-refractivity contribution in [1.29, 1.82) is 5.26 Å². The SMILES string of the molecule is N#CC1(NS(=O)(=O)c2ccc(Br)cc2)C2CC3CC(C2)CC1C3. The number of hydrogen-bond acceptors (Lipinski definition) is 3. The van der Waals surface area contributed by atoms with E-state index in [0.29, 0.717) is 11.8 Å². The molecule has 0 amide bonds. The highest BCUT2D eigenvalue weighted by Crippen LogP contribution is 2.58. The lowest BCUT2D eigenvalue weighted by atomic mass is 9.49. The van der Waals surface area contributed by atoms with Gasteiger partial charge in [0.2, 0.25) is 10.0 Å². The summed E-state index contributed by atoms with van der Waals surface area (Å²) in [4.78, 5) is 0.226. The first-order valence-electron chi connectivity index (χ1n) is 8.14. The Morgan fingerprint density at radius 1 is 1.04 bits per heavy atom. The third kappa shape index (κ3) is 2.45. The Kier molecular flexibility index (Phi) is 3.60. The smallest absolute Gasteiger partial charge is 0.207 e. The molecule has 6 heteroatoms. The Balaban J connectivity index is 1.68. The van der Waals surface area contributed by atoms with Crippen molar-refractivity contribution in [1.82, 2.24) is 4.72 Å². The molecule has 1 aromatic carbocycles. The fourth-order valence-electron chi connectivity index (χ4n) is 5.19. The van der Waals surface area contributed by atoms with E-state index in [-0.39, 0.29) is 16.7 Å². The molecule has 0 atom stereocenters. The minimum absolute atomic E-state index is 0.161. The normalized spacial score (nSPS) is 38.4. The third-order valence-corrected chi connectivity index (χ3v) is 8.07. The molecule has 122 valence electrons. The second-order valence-electron chi connectivity index (χ2n) is 7.34. The number of nitrogens with one attached hydrogen (secondary N) is 1. The lowest BCUT2D eigenvalue weighted by molar-refractivity contribution is -0.0369. The van der Waals surface area contributed by atoms with Crippen LogP contribution in [0.2, 0.25) is 0 Å². The quantitative estimate of drug-likeness (QED) is 0.853. The molecule has 4 nitrogen and oxygen atoms in total. The molecule has 0 unspecified atom stereocenters. The maximum atomic E-state index is 12.8. The number of nitrogens with zero attached hydrogens (tertiary/aromatic N) is 1. The van der Waals surface area contributed by atoms with Gasteiger partial charge >= 0.3 is 0 Å². The molecule has 0 heterocycles. The summed E-state index contributed by atoms with van der Waals surface area (Å²) in [6, 6.07) is 8.98. The minimum Gasteiger partial charge on any atom is -0.207 e. The number of halogens is 1. The lowest BCUT2D eigenvalue weighted by Crippen LogP contribution is -2.65. The monoisotopic (exact) mass is 394 g/mol. The lowest BCUT2D eigenvalue weighted by Gasteiger charge is -2.58. The van der Waals surface area contributed by atoms with E-state index in [1.807, 2.05) is 0 Å². The van der Waals surface area contributed by atoms with Crippen LogP contribution < -0.4 is 4.72 Å². The highest BCUT2D eigenvalue weighted by Gasteiger charge is 2.59. The highest BCUT2D eigenvalue weighted by molar-refractivity contribution is 9.10. The molecule has 4 fully saturated rings. The standard InChI is InChI=1S/C17H19BrN2O2S/c18-15-1-3-16(4-2-15)23(21,22)20-17(10-19)13-6-11-5-12(8-13)9-14(17)7-11/h1-4,11-14,20H,5-9H2. The van der Waals surface area contributed by atoms with Crippen molar-refractivity contribution in [2.45, 2.75) is 42.5 Å². The third-order valence-electron chi connectivity index (χ3n) is 6.04. The summed E-state index contributed by atoms with van der Waals surface area (Å²) < 4.78 is 29.3. The summed E-state index contributed by atoms with van der Waals surface area (Å²) in [5.41, 5.74) is -0.917. The van der Waals surface area contributed by atoms with Crippen molar-refractivity contribution >= 4 is 26.0 Å². The Labute approximate surface area is 145 Å². The molecular formula is C17H19BrN2O2S. The summed E-state index contributed by atoms with van der Waals surface area (Å²) in [6.07, 6.45) is 5.23. The number of sulfonamides is 1. The van der Waals surface area contributed by atoms with Gasteiger partial charge in [0.25, 0.3) is 0 Å². The molecule has 1 N–H and O–H groups in total. The summed E-state index contributed by atoms with van der Waals surface area (Å²) >= 11 is 3.32. The molecular weight excluding hydrogens is 376 g/mol. The van der Waals surface area contributed by atoms with E-state index in [1.54, 1.807) is 24.3 Å². The largest absolute Gasteiger partial charge is 0.241 e. The molecule has 4 aliphatic rings. The van der Waals surface area contributed by atoms with Crippen LogP contribution in [-0.2, 0) is 10.0 Å². The minimum atomic E-state index is -3.69. The second kappa shape index (κ2) is 5.30. The van der Waals surface area contributed by atoms with Gasteiger partial charge in [0, 0.05) is 4.47 Å². The molecule has 4 aliphatic carbocycles. The fourth-order valence-corrected chi connectivity index (χ4v) is 6.89. The van der Waals surface area contributed by atoms with Gasteiger partial charge in [0.15, 0.2) is 0 Å². The Morgan fingerprint density at radius 2 is 1.57 bits per heavy atom. The molecule has 4 bridgehead atoms. The number of nitriles is 1. The molecule has 0 radical (unpaired) electrons. The van der Waals surface area contributed by atoms with Crippen LogP contribution in [0, 0.1) is 35.0 Å². The van der Waals surface area contributed by atoms with E-state index in [1.165, 1.54) is 6.42 Å². The summed E-state index contributed by atoms with van der Waals surface area (Å²) in [5.74, 6) is 1.70. The van der Waals surface area contributed by atoms with Gasteiger partial charge in [-0.2, -0.15) is 9.98 Å². The van der Waals surface area contributed by atoms with E-state index in [0.717, 1.165) is 30.2 Å². The van der Waals surface area contributed by atoms with Gasteiger partial charge in [0.1, 0.15) is 5.54 Å². The summed E-state index contributed by atoms with van der Waals surface area (Å²) in [5, 5.41) is 9.92. The van der Waals surface area contributed by atoms with Crippen molar-refractivity contribution in [3.63, 3.8) is 0 Å². The Bertz CT molecular complexity index is 739. The molecule has 1 aromatic rings. The average molecular weight is 395 g/mol. The zero-order chi connectivity index (χ0) is 16.2. The molecule has 0 spiro atoms. The predicted molar refractivity (Wildman–Crippen MR) is 89.9 cm³/mol. The fraction of sp³-hybridized carbons (Fsp3) is 0.588. The molecule has 0 aliphatic heterocycles. The first kappa shape index (κ1) is 15.6. The molecule has 4 saturated carbocycles. The molecule has 0 saturated heterocycles. The molecule has 23 heavy (non-hydrogen) atoms. The molecule has 5 rings (SSSR count). The van der Waals surface area contributed by atoms with E-state index >= 15 is 0 Å². The van der Waals surface area contributed by atoms with Crippen molar-refractivity contribution in [3.05, 3.63) is 28.7 Å². The van der Waals surface area contributed by atoms with Gasteiger partial charge in [0.05, 0.1) is 11.0 Å². The first-order valence-corrected chi connectivity index (χ1v) is 10.4. The van der Waals surface area contributed by atoms with E-state index < -0.39 is 15.6 Å². The van der Waals surface area contributed by atoms with Gasteiger partial charge in [-0.05, 0) is 80.0 Å². The number of hydrogen-bond donors (Lipinski definition) is 1. The molecule has 0 aromatic heterocycles. The Hall–Kier alpha value is -0.900. The summed E-state index contributed by atoms with van der Waals surface area (Å²) in [6.45, 7) is 0. The van der Waals surface area contributed by atoms with E-state index in [4.69, 9.17) is 0 Å². The van der Waals surface area contributed by atoms with Crippen LogP contribution in [0.25, 0.3) is 0 Å². The van der Waals surface area contributed by atoms with Crippen LogP contribution >= 0.6 is 15.9 Å². The maximum Gasteiger partial charge on any atom is 0.241 e. The predicted octanol–water partition coefficient (Wildman–Crippen LogP) is 3.45. The van der Waals surface area contributed by atoms with Gasteiger partial charge in [-0.25, -0.2) is 8.42 Å². The summed E-state index contributed by atoms with van der Waals surface area (Å²) in [7, 11) is -3.69. The Morgan fingerprint density at radius 3 is 2.04 bits per heavy atom. The van der Waals surface area contributed by atoms with Crippen LogP contribution in [0.1, 0.15) is 32.1 Å². The van der Waals surface area contributed by atoms with Crippen molar-refractivity contribution in [3.8, 4) is 6.07 Å². The van der Waals surface area contributed by atoms with Gasteiger partial charge < -0.3 is 0 Å². The highest BCUT2D eigenvalue weighted by atomic mass is 79.9. The van der Waals surface area contributed by atoms with Crippen LogP contribution in [0.4, 0.5) is 0 Å². The second-order valence-corrected chi connectivity index (χ2v) is 9.94. The van der Waals surface area contributed by atoms with Crippen molar-refractivity contribution in [2.24, 2.45) is 23.7 Å².